The number of imide groups is 1. The third-order valence-corrected chi connectivity index (χ3v) is 7.75. The maximum atomic E-state index is 12.6. The van der Waals surface area contributed by atoms with Crippen LogP contribution in [0.5, 0.6) is 0 Å². The van der Waals surface area contributed by atoms with Gasteiger partial charge in [0.15, 0.2) is 9.84 Å². The summed E-state index contributed by atoms with van der Waals surface area (Å²) >= 11 is 0. The van der Waals surface area contributed by atoms with Crippen LogP contribution in [0.25, 0.3) is 0 Å². The zero-order chi connectivity index (χ0) is 17.2. The lowest BCUT2D eigenvalue weighted by Gasteiger charge is -2.26. The van der Waals surface area contributed by atoms with Gasteiger partial charge in [0, 0.05) is 13.1 Å². The molecule has 0 aromatic heterocycles. The summed E-state index contributed by atoms with van der Waals surface area (Å²) in [6, 6.07) is -0.368. The first kappa shape index (κ1) is 15.8. The number of allylic oxidation sites excluding steroid dienone is 2. The number of sulfone groups is 1. The summed E-state index contributed by atoms with van der Waals surface area (Å²) in [5.74, 6) is -1.21. The first-order valence-electron chi connectivity index (χ1n) is 8.28. The molecule has 0 aromatic rings. The van der Waals surface area contributed by atoms with E-state index in [9.17, 15) is 22.8 Å². The van der Waals surface area contributed by atoms with E-state index in [1.807, 2.05) is 12.2 Å². The first-order chi connectivity index (χ1) is 11.3. The number of amides is 3. The van der Waals surface area contributed by atoms with Crippen molar-refractivity contribution in [2.24, 2.45) is 23.7 Å². The lowest BCUT2D eigenvalue weighted by molar-refractivity contribution is -0.147. The number of hydrogen-bond acceptors (Lipinski definition) is 5. The summed E-state index contributed by atoms with van der Waals surface area (Å²) < 4.78 is 23.1. The number of likely N-dealkylation sites (tertiary alicyclic amines) is 1. The molecule has 0 spiro atoms. The van der Waals surface area contributed by atoms with Gasteiger partial charge in [-0.2, -0.15) is 0 Å². The number of nitrogens with zero attached hydrogens (tertiary/aromatic N) is 2. The lowest BCUT2D eigenvalue weighted by Crippen LogP contribution is -2.46. The van der Waals surface area contributed by atoms with E-state index in [0.717, 1.165) is 11.3 Å². The third kappa shape index (κ3) is 2.22. The third-order valence-electron chi connectivity index (χ3n) is 6.00. The molecule has 2 bridgehead atoms. The molecule has 3 amide bonds. The molecule has 0 N–H and O–H groups in total. The van der Waals surface area contributed by atoms with Crippen LogP contribution in [-0.2, 0) is 24.2 Å². The largest absolute Gasteiger partial charge is 0.340 e. The predicted molar refractivity (Wildman–Crippen MR) is 84.3 cm³/mol. The maximum Gasteiger partial charge on any atom is 0.242 e. The highest BCUT2D eigenvalue weighted by Gasteiger charge is 2.59. The SMILES string of the molecule is CN(C(=O)CN1C(=O)C2C3C=CC(C3)C2C1=O)C1CCS(=O)(=O)C1. The zero-order valence-electron chi connectivity index (χ0n) is 13.4. The minimum Gasteiger partial charge on any atom is -0.340 e. The van der Waals surface area contributed by atoms with Gasteiger partial charge in [0.25, 0.3) is 0 Å². The molecule has 24 heavy (non-hydrogen) atoms. The Morgan fingerprint density at radius 3 is 2.29 bits per heavy atom. The van der Waals surface area contributed by atoms with Crippen molar-refractivity contribution < 1.29 is 22.8 Å². The summed E-state index contributed by atoms with van der Waals surface area (Å²) in [5.41, 5.74) is 0. The van der Waals surface area contributed by atoms with Crippen molar-refractivity contribution in [3.05, 3.63) is 12.2 Å². The standard InChI is InChI=1S/C16H20N2O5S/c1-17(11-4-5-24(22,23)8-11)12(19)7-18-15(20)13-9-2-3-10(6-9)14(13)16(18)21/h2-3,9-11,13-14H,4-8H2,1H3. The van der Waals surface area contributed by atoms with Crippen LogP contribution in [0.15, 0.2) is 12.2 Å². The Hall–Kier alpha value is -1.70. The van der Waals surface area contributed by atoms with Crippen LogP contribution in [0.1, 0.15) is 12.8 Å². The number of carbonyl (C=O) groups is 3. The molecule has 2 saturated heterocycles. The van der Waals surface area contributed by atoms with E-state index >= 15 is 0 Å². The Balaban J connectivity index is 1.45. The van der Waals surface area contributed by atoms with Gasteiger partial charge in [0.05, 0.1) is 23.3 Å². The van der Waals surface area contributed by atoms with Gasteiger partial charge in [-0.3, -0.25) is 19.3 Å². The van der Waals surface area contributed by atoms with Crippen molar-refractivity contribution in [2.75, 3.05) is 25.1 Å². The summed E-state index contributed by atoms with van der Waals surface area (Å²) in [7, 11) is -1.54. The Morgan fingerprint density at radius 2 is 1.79 bits per heavy atom. The molecule has 8 heteroatoms. The monoisotopic (exact) mass is 352 g/mol. The van der Waals surface area contributed by atoms with Crippen LogP contribution < -0.4 is 0 Å². The van der Waals surface area contributed by atoms with Crippen molar-refractivity contribution in [2.45, 2.75) is 18.9 Å². The Kier molecular flexibility index (Phi) is 3.39. The van der Waals surface area contributed by atoms with Crippen molar-refractivity contribution >= 4 is 27.6 Å². The Labute approximate surface area is 140 Å². The van der Waals surface area contributed by atoms with Crippen molar-refractivity contribution in [1.29, 1.82) is 0 Å². The Bertz CT molecular complexity index is 728. The van der Waals surface area contributed by atoms with Gasteiger partial charge in [-0.25, -0.2) is 8.42 Å². The van der Waals surface area contributed by atoms with Crippen LogP contribution >= 0.6 is 0 Å². The minimum atomic E-state index is -3.09. The van der Waals surface area contributed by atoms with E-state index in [1.165, 1.54) is 4.90 Å². The molecule has 2 aliphatic carbocycles. The Morgan fingerprint density at radius 1 is 1.21 bits per heavy atom. The minimum absolute atomic E-state index is 0.0452. The van der Waals surface area contributed by atoms with Crippen molar-refractivity contribution in [3.63, 3.8) is 0 Å². The summed E-state index contributed by atoms with van der Waals surface area (Å²) in [6.45, 7) is -0.281. The molecule has 2 aliphatic heterocycles. The van der Waals surface area contributed by atoms with Gasteiger partial charge >= 0.3 is 0 Å². The molecule has 3 fully saturated rings. The van der Waals surface area contributed by atoms with E-state index in [4.69, 9.17) is 0 Å². The molecule has 4 aliphatic rings. The summed E-state index contributed by atoms with van der Waals surface area (Å²) in [6.07, 6.45) is 5.29. The number of fused-ring (bicyclic) bond motifs is 5. The van der Waals surface area contributed by atoms with E-state index in [2.05, 4.69) is 0 Å². The summed E-state index contributed by atoms with van der Waals surface area (Å²) in [4.78, 5) is 40.1. The van der Waals surface area contributed by atoms with Crippen LogP contribution in [-0.4, -0.2) is 67.1 Å². The van der Waals surface area contributed by atoms with Gasteiger partial charge in [-0.15, -0.1) is 0 Å². The fourth-order valence-corrected chi connectivity index (χ4v) is 6.43. The quantitative estimate of drug-likeness (QED) is 0.501. The molecule has 0 aromatic carbocycles. The molecular formula is C16H20N2O5S. The smallest absolute Gasteiger partial charge is 0.242 e. The predicted octanol–water partition coefficient (Wildman–Crippen LogP) is -0.561. The van der Waals surface area contributed by atoms with Gasteiger partial charge in [-0.1, -0.05) is 12.2 Å². The molecule has 1 saturated carbocycles. The van der Waals surface area contributed by atoms with E-state index in [1.54, 1.807) is 7.05 Å². The fraction of sp³-hybridized carbons (Fsp3) is 0.688. The molecule has 5 unspecified atom stereocenters. The molecule has 2 heterocycles. The van der Waals surface area contributed by atoms with Gasteiger partial charge in [0.2, 0.25) is 17.7 Å². The van der Waals surface area contributed by atoms with Gasteiger partial charge in [0.1, 0.15) is 6.54 Å². The van der Waals surface area contributed by atoms with Crippen molar-refractivity contribution in [1.82, 2.24) is 9.80 Å². The number of likely N-dealkylation sites (N-methyl/N-ethyl adjacent to an activating group) is 1. The van der Waals surface area contributed by atoms with E-state index in [0.29, 0.717) is 6.42 Å². The second-order valence-electron chi connectivity index (χ2n) is 7.32. The number of rotatable bonds is 3. The lowest BCUT2D eigenvalue weighted by atomic mass is 9.85. The fourth-order valence-electron chi connectivity index (χ4n) is 4.65. The normalized spacial score (nSPS) is 38.9. The van der Waals surface area contributed by atoms with Gasteiger partial charge in [-0.05, 0) is 24.7 Å². The molecule has 7 nitrogen and oxygen atoms in total. The highest BCUT2D eigenvalue weighted by Crippen LogP contribution is 2.52. The molecule has 5 atom stereocenters. The molecule has 4 rings (SSSR count). The second-order valence-corrected chi connectivity index (χ2v) is 9.55. The van der Waals surface area contributed by atoms with Gasteiger partial charge < -0.3 is 4.90 Å². The van der Waals surface area contributed by atoms with Crippen LogP contribution in [0, 0.1) is 23.7 Å². The van der Waals surface area contributed by atoms with Crippen molar-refractivity contribution in [3.8, 4) is 0 Å². The maximum absolute atomic E-state index is 12.6. The van der Waals surface area contributed by atoms with E-state index in [-0.39, 0.29) is 65.5 Å². The average Bonchev–Trinajstić information content (AvgIpc) is 3.26. The number of carbonyl (C=O) groups excluding carboxylic acids is 3. The van der Waals surface area contributed by atoms with Crippen LogP contribution in [0.3, 0.4) is 0 Å². The number of hydrogen-bond donors (Lipinski definition) is 0. The average molecular weight is 352 g/mol. The highest BCUT2D eigenvalue weighted by atomic mass is 32.2. The van der Waals surface area contributed by atoms with E-state index < -0.39 is 9.84 Å². The first-order valence-corrected chi connectivity index (χ1v) is 10.1. The molecule has 130 valence electrons. The highest BCUT2D eigenvalue weighted by molar-refractivity contribution is 7.91. The van der Waals surface area contributed by atoms with Crippen LogP contribution in [0.2, 0.25) is 0 Å². The molecule has 0 radical (unpaired) electrons. The summed E-state index contributed by atoms with van der Waals surface area (Å²) in [5, 5.41) is 0. The molecular weight excluding hydrogens is 332 g/mol. The zero-order valence-corrected chi connectivity index (χ0v) is 14.2. The van der Waals surface area contributed by atoms with Crippen LogP contribution in [0.4, 0.5) is 0 Å². The second kappa shape index (κ2) is 5.15. The topological polar surface area (TPSA) is 91.8 Å².